The molecular weight excluding hydrogens is 468 g/mol. The summed E-state index contributed by atoms with van der Waals surface area (Å²) in [5, 5.41) is 3.98. The molecule has 5 rings (SSSR count). The second-order valence-corrected chi connectivity index (χ2v) is 10.7. The summed E-state index contributed by atoms with van der Waals surface area (Å²) in [6.07, 6.45) is 3.08. The molecule has 3 heterocycles. The maximum atomic E-state index is 13.6. The number of fused-ring (bicyclic) bond motifs is 1. The number of rotatable bonds is 9. The predicted molar refractivity (Wildman–Crippen MR) is 134 cm³/mol. The molecule has 0 saturated heterocycles. The van der Waals surface area contributed by atoms with E-state index in [9.17, 15) is 9.59 Å². The molecule has 2 amide bonds. The van der Waals surface area contributed by atoms with Crippen molar-refractivity contribution in [3.63, 3.8) is 0 Å². The molecule has 1 aromatic carbocycles. The van der Waals surface area contributed by atoms with Crippen LogP contribution in [0.25, 0.3) is 0 Å². The molecule has 34 heavy (non-hydrogen) atoms. The van der Waals surface area contributed by atoms with Gasteiger partial charge in [-0.25, -0.2) is 0 Å². The summed E-state index contributed by atoms with van der Waals surface area (Å²) in [6.45, 7) is 1.72. The number of thiophene rings is 2. The molecular formula is C26H28N2O4S2. The third-order valence-corrected chi connectivity index (χ3v) is 8.24. The smallest absolute Gasteiger partial charge is 0.264 e. The first-order valence-electron chi connectivity index (χ1n) is 11.6. The Morgan fingerprint density at radius 1 is 1.09 bits per heavy atom. The maximum Gasteiger partial charge on any atom is 0.264 e. The van der Waals surface area contributed by atoms with Gasteiger partial charge in [-0.3, -0.25) is 9.59 Å². The van der Waals surface area contributed by atoms with Gasteiger partial charge in [0.15, 0.2) is 0 Å². The van der Waals surface area contributed by atoms with Gasteiger partial charge >= 0.3 is 0 Å². The minimum Gasteiger partial charge on any atom is -0.497 e. The average Bonchev–Trinajstić information content (AvgIpc) is 3.30. The second kappa shape index (κ2) is 10.2. The monoisotopic (exact) mass is 496 g/mol. The van der Waals surface area contributed by atoms with Crippen molar-refractivity contribution in [3.8, 4) is 11.5 Å². The summed E-state index contributed by atoms with van der Waals surface area (Å²) < 4.78 is 11.4. The van der Waals surface area contributed by atoms with E-state index in [1.165, 1.54) is 16.2 Å². The van der Waals surface area contributed by atoms with Gasteiger partial charge in [-0.2, -0.15) is 0 Å². The van der Waals surface area contributed by atoms with Gasteiger partial charge in [-0.1, -0.05) is 12.1 Å². The van der Waals surface area contributed by atoms with Crippen LogP contribution in [0.5, 0.6) is 11.5 Å². The van der Waals surface area contributed by atoms with Crippen molar-refractivity contribution >= 4 is 34.5 Å². The van der Waals surface area contributed by atoms with Crippen LogP contribution in [0.3, 0.4) is 0 Å². The normalized spacial score (nSPS) is 17.2. The van der Waals surface area contributed by atoms with E-state index in [0.29, 0.717) is 36.2 Å². The number of amides is 2. The van der Waals surface area contributed by atoms with Crippen LogP contribution < -0.4 is 9.47 Å². The molecule has 2 aromatic heterocycles. The summed E-state index contributed by atoms with van der Waals surface area (Å²) in [5.41, 5.74) is 1.14. The molecule has 2 aliphatic rings. The number of nitrogens with zero attached hydrogens (tertiary/aromatic N) is 2. The van der Waals surface area contributed by atoms with E-state index in [1.807, 2.05) is 46.7 Å². The lowest BCUT2D eigenvalue weighted by Gasteiger charge is -2.37. The van der Waals surface area contributed by atoms with Crippen molar-refractivity contribution in [2.45, 2.75) is 25.3 Å². The summed E-state index contributed by atoms with van der Waals surface area (Å²) in [6, 6.07) is 13.1. The second-order valence-electron chi connectivity index (χ2n) is 8.75. The number of hydrogen-bond acceptors (Lipinski definition) is 6. The highest BCUT2D eigenvalue weighted by molar-refractivity contribution is 7.12. The lowest BCUT2D eigenvalue weighted by Crippen LogP contribution is -2.48. The summed E-state index contributed by atoms with van der Waals surface area (Å²) in [5.74, 6) is 1.87. The highest BCUT2D eigenvalue weighted by Crippen LogP contribution is 2.35. The van der Waals surface area contributed by atoms with Crippen LogP contribution in [0.15, 0.2) is 53.2 Å². The van der Waals surface area contributed by atoms with E-state index in [0.717, 1.165) is 30.6 Å². The number of carbonyl (C=O) groups is 2. The van der Waals surface area contributed by atoms with Crippen LogP contribution in [-0.4, -0.2) is 55.0 Å². The predicted octanol–water partition coefficient (Wildman–Crippen LogP) is 4.88. The molecule has 1 aliphatic carbocycles. The fraction of sp³-hybridized carbons (Fsp3) is 0.385. The largest absolute Gasteiger partial charge is 0.497 e. The van der Waals surface area contributed by atoms with E-state index in [1.54, 1.807) is 23.3 Å². The van der Waals surface area contributed by atoms with Crippen LogP contribution in [0.2, 0.25) is 0 Å². The topological polar surface area (TPSA) is 59.1 Å². The van der Waals surface area contributed by atoms with Gasteiger partial charge in [0, 0.05) is 24.0 Å². The zero-order chi connectivity index (χ0) is 23.5. The quantitative estimate of drug-likeness (QED) is 0.424. The Morgan fingerprint density at radius 2 is 1.94 bits per heavy atom. The van der Waals surface area contributed by atoms with Gasteiger partial charge in [-0.15, -0.1) is 22.7 Å². The molecule has 0 bridgehead atoms. The van der Waals surface area contributed by atoms with Gasteiger partial charge in [0.05, 0.1) is 18.0 Å². The Morgan fingerprint density at radius 3 is 2.71 bits per heavy atom. The number of carbonyl (C=O) groups excluding carboxylic acids is 2. The molecule has 0 radical (unpaired) electrons. The Balaban J connectivity index is 1.33. The molecule has 1 aliphatic heterocycles. The zero-order valence-corrected chi connectivity index (χ0v) is 20.8. The maximum absolute atomic E-state index is 13.6. The van der Waals surface area contributed by atoms with Crippen molar-refractivity contribution in [1.82, 2.24) is 9.80 Å². The Bertz CT molecular complexity index is 1140. The molecule has 6 nitrogen and oxygen atoms in total. The van der Waals surface area contributed by atoms with Crippen molar-refractivity contribution in [3.05, 3.63) is 68.5 Å². The van der Waals surface area contributed by atoms with Crippen LogP contribution in [0, 0.1) is 5.92 Å². The van der Waals surface area contributed by atoms with E-state index >= 15 is 0 Å². The lowest BCUT2D eigenvalue weighted by molar-refractivity contribution is -0.135. The number of benzene rings is 1. The van der Waals surface area contributed by atoms with Crippen LogP contribution in [-0.2, 0) is 11.2 Å². The fourth-order valence-corrected chi connectivity index (χ4v) is 6.00. The molecule has 3 aromatic rings. The van der Waals surface area contributed by atoms with E-state index in [4.69, 9.17) is 9.47 Å². The SMILES string of the molecule is COc1cccc(OCC2c3ccsc3CCN2C(=O)CN(CC2CC2)C(=O)c2cccs2)c1. The van der Waals surface area contributed by atoms with E-state index in [2.05, 4.69) is 11.4 Å². The van der Waals surface area contributed by atoms with E-state index < -0.39 is 0 Å². The molecule has 8 heteroatoms. The molecule has 1 unspecified atom stereocenters. The first-order chi connectivity index (χ1) is 16.6. The molecule has 1 fully saturated rings. The highest BCUT2D eigenvalue weighted by Gasteiger charge is 2.35. The lowest BCUT2D eigenvalue weighted by atomic mass is 10.0. The number of ether oxygens (including phenoxy) is 2. The molecule has 178 valence electrons. The molecule has 1 atom stereocenters. The van der Waals surface area contributed by atoms with Crippen molar-refractivity contribution in [2.75, 3.05) is 33.4 Å². The standard InChI is InChI=1S/C26H28N2O4S2/c1-31-19-4-2-5-20(14-19)32-17-22-21-10-13-34-23(21)9-11-28(22)25(29)16-27(15-18-7-8-18)26(30)24-6-3-12-33-24/h2-6,10,12-14,18,22H,7-9,11,15-17H2,1H3. The Labute approximate surface area is 207 Å². The average molecular weight is 497 g/mol. The minimum atomic E-state index is -0.187. The van der Waals surface area contributed by atoms with Gasteiger partial charge in [0.2, 0.25) is 5.91 Å². The van der Waals surface area contributed by atoms with Crippen molar-refractivity contribution in [1.29, 1.82) is 0 Å². The summed E-state index contributed by atoms with van der Waals surface area (Å²) in [7, 11) is 1.63. The number of methoxy groups -OCH3 is 1. The molecule has 1 saturated carbocycles. The zero-order valence-electron chi connectivity index (χ0n) is 19.1. The Hall–Kier alpha value is -2.84. The summed E-state index contributed by atoms with van der Waals surface area (Å²) in [4.78, 5) is 32.4. The summed E-state index contributed by atoms with van der Waals surface area (Å²) >= 11 is 3.15. The first kappa shape index (κ1) is 22.9. The Kier molecular flexibility index (Phi) is 6.87. The third kappa shape index (κ3) is 5.13. The first-order valence-corrected chi connectivity index (χ1v) is 13.3. The minimum absolute atomic E-state index is 0.0263. The van der Waals surface area contributed by atoms with Gasteiger partial charge in [0.25, 0.3) is 5.91 Å². The van der Waals surface area contributed by atoms with Crippen molar-refractivity contribution < 1.29 is 19.1 Å². The molecule has 0 N–H and O–H groups in total. The highest BCUT2D eigenvalue weighted by atomic mass is 32.1. The van der Waals surface area contributed by atoms with Gasteiger partial charge in [-0.05, 0) is 65.8 Å². The van der Waals surface area contributed by atoms with Gasteiger partial charge in [0.1, 0.15) is 24.7 Å². The van der Waals surface area contributed by atoms with Crippen LogP contribution in [0.1, 0.15) is 39.0 Å². The van der Waals surface area contributed by atoms with Gasteiger partial charge < -0.3 is 19.3 Å². The van der Waals surface area contributed by atoms with Crippen molar-refractivity contribution in [2.24, 2.45) is 5.92 Å². The third-order valence-electron chi connectivity index (χ3n) is 6.39. The molecule has 0 spiro atoms. The van der Waals surface area contributed by atoms with E-state index in [-0.39, 0.29) is 24.4 Å². The van der Waals surface area contributed by atoms with Crippen LogP contribution >= 0.6 is 22.7 Å². The number of hydrogen-bond donors (Lipinski definition) is 0. The van der Waals surface area contributed by atoms with Crippen LogP contribution in [0.4, 0.5) is 0 Å². The fourth-order valence-electron chi connectivity index (χ4n) is 4.38.